The highest BCUT2D eigenvalue weighted by molar-refractivity contribution is 14.1. The molecule has 4 aromatic rings. The van der Waals surface area contributed by atoms with Gasteiger partial charge in [0.05, 0.1) is 16.2 Å². The fourth-order valence-electron chi connectivity index (χ4n) is 2.79. The number of non-ortho nitro benzene ring substituents is 1. The molecule has 0 aliphatic rings. The average molecular weight is 525 g/mol. The van der Waals surface area contributed by atoms with Crippen LogP contribution in [-0.2, 0) is 0 Å². The highest BCUT2D eigenvalue weighted by Crippen LogP contribution is 2.30. The summed E-state index contributed by atoms with van der Waals surface area (Å²) in [7, 11) is 0. The Balaban J connectivity index is 1.61. The maximum atomic E-state index is 11.0. The van der Waals surface area contributed by atoms with Gasteiger partial charge >= 0.3 is 0 Å². The molecule has 0 aliphatic carbocycles. The summed E-state index contributed by atoms with van der Waals surface area (Å²) in [5, 5.41) is 23.1. The first-order chi connectivity index (χ1) is 14.5. The first-order valence-electron chi connectivity index (χ1n) is 8.72. The van der Waals surface area contributed by atoms with Crippen LogP contribution in [0.1, 0.15) is 10.8 Å². The largest absolute Gasteiger partial charge is 0.457 e. The number of hydrogen-bond donors (Lipinski definition) is 0. The molecular weight excluding hydrogens is 513 g/mol. The van der Waals surface area contributed by atoms with Gasteiger partial charge in [-0.25, -0.2) is 4.98 Å². The number of thiazole rings is 1. The van der Waals surface area contributed by atoms with E-state index in [1.54, 1.807) is 30.3 Å². The second kappa shape index (κ2) is 8.61. The summed E-state index contributed by atoms with van der Waals surface area (Å²) in [6.45, 7) is 0. The molecule has 0 saturated heterocycles. The molecular formula is C22H12IN3O3S. The quantitative estimate of drug-likeness (QED) is 0.126. The number of nitriles is 1. The highest BCUT2D eigenvalue weighted by atomic mass is 127. The Bertz CT molecular complexity index is 1300. The minimum atomic E-state index is -0.450. The minimum absolute atomic E-state index is 0.00961. The lowest BCUT2D eigenvalue weighted by Gasteiger charge is -1.97. The van der Waals surface area contributed by atoms with E-state index in [4.69, 9.17) is 4.42 Å². The predicted molar refractivity (Wildman–Crippen MR) is 125 cm³/mol. The van der Waals surface area contributed by atoms with E-state index in [2.05, 4.69) is 33.6 Å². The summed E-state index contributed by atoms with van der Waals surface area (Å²) < 4.78 is 6.93. The van der Waals surface area contributed by atoms with E-state index >= 15 is 0 Å². The standard InChI is InChI=1S/C22H12IN3O3S/c23-17-6-4-14(5-7-17)20-13-30-22(25-20)16(12-24)11-19-8-9-21(29-19)15-2-1-3-18(10-15)26(27)28/h1-11,13H. The molecule has 0 saturated carbocycles. The van der Waals surface area contributed by atoms with E-state index in [1.165, 1.54) is 23.5 Å². The van der Waals surface area contributed by atoms with Crippen molar-refractivity contribution in [2.75, 3.05) is 0 Å². The van der Waals surface area contributed by atoms with Gasteiger partial charge in [-0.15, -0.1) is 11.3 Å². The van der Waals surface area contributed by atoms with E-state index in [1.807, 2.05) is 29.6 Å². The molecule has 8 heteroatoms. The fraction of sp³-hybridized carbons (Fsp3) is 0. The third-order valence-electron chi connectivity index (χ3n) is 4.25. The Labute approximate surface area is 189 Å². The van der Waals surface area contributed by atoms with Gasteiger partial charge in [-0.05, 0) is 46.9 Å². The Morgan fingerprint density at radius 1 is 1.17 bits per heavy atom. The van der Waals surface area contributed by atoms with Crippen molar-refractivity contribution >= 4 is 51.3 Å². The first kappa shape index (κ1) is 20.0. The van der Waals surface area contributed by atoms with Crippen molar-refractivity contribution in [1.29, 1.82) is 5.26 Å². The smallest absolute Gasteiger partial charge is 0.270 e. The van der Waals surface area contributed by atoms with Crippen LogP contribution in [0.3, 0.4) is 0 Å². The number of rotatable bonds is 5. The predicted octanol–water partition coefficient (Wildman–Crippen LogP) is 6.65. The Hall–Kier alpha value is -3.29. The third-order valence-corrected chi connectivity index (χ3v) is 5.84. The summed E-state index contributed by atoms with van der Waals surface area (Å²) in [6, 6.07) is 19.8. The monoisotopic (exact) mass is 525 g/mol. The fourth-order valence-corrected chi connectivity index (χ4v) is 3.95. The molecule has 6 nitrogen and oxygen atoms in total. The maximum absolute atomic E-state index is 11.0. The maximum Gasteiger partial charge on any atom is 0.270 e. The number of nitrogens with zero attached hydrogens (tertiary/aromatic N) is 3. The van der Waals surface area contributed by atoms with Crippen molar-refractivity contribution in [2.24, 2.45) is 0 Å². The van der Waals surface area contributed by atoms with Gasteiger partial charge in [0.15, 0.2) is 0 Å². The van der Waals surface area contributed by atoms with Crippen LogP contribution in [0.25, 0.3) is 34.2 Å². The third kappa shape index (κ3) is 4.32. The molecule has 146 valence electrons. The van der Waals surface area contributed by atoms with Gasteiger partial charge in [0.1, 0.15) is 22.6 Å². The van der Waals surface area contributed by atoms with Crippen LogP contribution >= 0.6 is 33.9 Å². The van der Waals surface area contributed by atoms with Crippen molar-refractivity contribution in [3.05, 3.63) is 90.5 Å². The van der Waals surface area contributed by atoms with Crippen molar-refractivity contribution in [1.82, 2.24) is 4.98 Å². The normalized spacial score (nSPS) is 11.3. The highest BCUT2D eigenvalue weighted by Gasteiger charge is 2.12. The second-order valence-electron chi connectivity index (χ2n) is 6.22. The lowest BCUT2D eigenvalue weighted by atomic mass is 10.1. The van der Waals surface area contributed by atoms with Crippen molar-refractivity contribution in [3.8, 4) is 28.7 Å². The molecule has 0 atom stereocenters. The molecule has 4 rings (SSSR count). The number of allylic oxidation sites excluding steroid dienone is 1. The van der Waals surface area contributed by atoms with E-state index in [0.717, 1.165) is 14.8 Å². The molecule has 2 aromatic carbocycles. The molecule has 0 bridgehead atoms. The van der Waals surface area contributed by atoms with E-state index in [9.17, 15) is 15.4 Å². The van der Waals surface area contributed by atoms with Crippen molar-refractivity contribution < 1.29 is 9.34 Å². The summed E-state index contributed by atoms with van der Waals surface area (Å²) in [5.74, 6) is 0.958. The first-order valence-corrected chi connectivity index (χ1v) is 10.7. The molecule has 0 fully saturated rings. The van der Waals surface area contributed by atoms with Gasteiger partial charge in [-0.2, -0.15) is 5.26 Å². The van der Waals surface area contributed by atoms with Gasteiger partial charge in [-0.1, -0.05) is 24.3 Å². The Morgan fingerprint density at radius 3 is 2.70 bits per heavy atom. The topological polar surface area (TPSA) is 93.0 Å². The Morgan fingerprint density at radius 2 is 1.97 bits per heavy atom. The SMILES string of the molecule is N#CC(=Cc1ccc(-c2cccc([N+](=O)[O-])c2)o1)c1nc(-c2ccc(I)cc2)cs1. The number of nitro benzene ring substituents is 1. The molecule has 30 heavy (non-hydrogen) atoms. The number of hydrogen-bond acceptors (Lipinski definition) is 6. The molecule has 0 aliphatic heterocycles. The second-order valence-corrected chi connectivity index (χ2v) is 8.33. The van der Waals surface area contributed by atoms with E-state index in [-0.39, 0.29) is 5.69 Å². The summed E-state index contributed by atoms with van der Waals surface area (Å²) >= 11 is 3.64. The van der Waals surface area contributed by atoms with Gasteiger partial charge < -0.3 is 4.42 Å². The number of benzene rings is 2. The van der Waals surface area contributed by atoms with Crippen LogP contribution in [0.5, 0.6) is 0 Å². The zero-order valence-corrected chi connectivity index (χ0v) is 18.3. The van der Waals surface area contributed by atoms with Crippen LogP contribution in [0.2, 0.25) is 0 Å². The van der Waals surface area contributed by atoms with Crippen molar-refractivity contribution in [3.63, 3.8) is 0 Å². The van der Waals surface area contributed by atoms with Gasteiger partial charge in [-0.3, -0.25) is 10.1 Å². The average Bonchev–Trinajstić information content (AvgIpc) is 3.43. The molecule has 2 aromatic heterocycles. The number of nitro groups is 1. The lowest BCUT2D eigenvalue weighted by Crippen LogP contribution is -1.87. The van der Waals surface area contributed by atoms with E-state index in [0.29, 0.717) is 27.7 Å². The summed E-state index contributed by atoms with van der Waals surface area (Å²) in [4.78, 5) is 15.1. The molecule has 0 radical (unpaired) electrons. The molecule has 0 spiro atoms. The van der Waals surface area contributed by atoms with Gasteiger partial charge in [0.2, 0.25) is 0 Å². The molecule has 0 N–H and O–H groups in total. The molecule has 0 amide bonds. The molecule has 0 unspecified atom stereocenters. The Kier molecular flexibility index (Phi) is 5.74. The lowest BCUT2D eigenvalue weighted by molar-refractivity contribution is -0.384. The zero-order valence-electron chi connectivity index (χ0n) is 15.3. The minimum Gasteiger partial charge on any atom is -0.457 e. The summed E-state index contributed by atoms with van der Waals surface area (Å²) in [6.07, 6.45) is 1.62. The molecule has 2 heterocycles. The van der Waals surface area contributed by atoms with Gasteiger partial charge in [0, 0.05) is 38.3 Å². The van der Waals surface area contributed by atoms with Crippen LogP contribution in [-0.4, -0.2) is 9.91 Å². The number of aromatic nitrogens is 1. The van der Waals surface area contributed by atoms with Crippen LogP contribution in [0.15, 0.2) is 70.5 Å². The van der Waals surface area contributed by atoms with Crippen LogP contribution in [0, 0.1) is 25.0 Å². The van der Waals surface area contributed by atoms with Gasteiger partial charge in [0.25, 0.3) is 5.69 Å². The zero-order chi connectivity index (χ0) is 21.1. The van der Waals surface area contributed by atoms with E-state index < -0.39 is 4.92 Å². The van der Waals surface area contributed by atoms with Crippen LogP contribution in [0.4, 0.5) is 5.69 Å². The number of furan rings is 1. The van der Waals surface area contributed by atoms with Crippen molar-refractivity contribution in [2.45, 2.75) is 0 Å². The van der Waals surface area contributed by atoms with Crippen LogP contribution < -0.4 is 0 Å². The summed E-state index contributed by atoms with van der Waals surface area (Å²) in [5.41, 5.74) is 2.77. The number of halogens is 1.